The molecule has 0 aromatic heterocycles. The van der Waals surface area contributed by atoms with E-state index in [-0.39, 0.29) is 17.9 Å². The Hall–Kier alpha value is -1.66. The molecule has 20 heavy (non-hydrogen) atoms. The van der Waals surface area contributed by atoms with Crippen LogP contribution >= 0.6 is 0 Å². The molecule has 6 heteroatoms. The van der Waals surface area contributed by atoms with Crippen molar-refractivity contribution in [1.29, 1.82) is 0 Å². The van der Waals surface area contributed by atoms with Gasteiger partial charge in [-0.25, -0.2) is 0 Å². The molecule has 1 saturated heterocycles. The number of hydrogen-bond donors (Lipinski definition) is 0. The van der Waals surface area contributed by atoms with E-state index in [1.165, 1.54) is 12.1 Å². The normalized spacial score (nSPS) is 23.5. The molecule has 0 amide bonds. The summed E-state index contributed by atoms with van der Waals surface area (Å²) in [5.74, 6) is 0.536. The Labute approximate surface area is 118 Å². The van der Waals surface area contributed by atoms with Crippen LogP contribution in [-0.2, 0) is 4.74 Å². The van der Waals surface area contributed by atoms with Gasteiger partial charge in [0.1, 0.15) is 12.4 Å². The molecule has 1 heterocycles. The Morgan fingerprint density at radius 2 is 2.10 bits per heavy atom. The van der Waals surface area contributed by atoms with E-state index in [1.54, 1.807) is 12.1 Å². The standard InChI is InChI=1S/C14H20N2O4/c1-11-9-15(10-12(2)20-11)6-7-19-14-5-3-4-13(8-14)16(17)18/h3-5,8,11-12H,6-7,9-10H2,1-2H3/t11-,12+. The van der Waals surface area contributed by atoms with Gasteiger partial charge in [-0.05, 0) is 19.9 Å². The largest absolute Gasteiger partial charge is 0.492 e. The molecule has 0 saturated carbocycles. The highest BCUT2D eigenvalue weighted by molar-refractivity contribution is 5.37. The Kier molecular flexibility index (Phi) is 4.92. The summed E-state index contributed by atoms with van der Waals surface area (Å²) >= 11 is 0. The number of non-ortho nitro benzene ring substituents is 1. The molecule has 0 radical (unpaired) electrons. The van der Waals surface area contributed by atoms with E-state index in [4.69, 9.17) is 9.47 Å². The first kappa shape index (κ1) is 14.7. The van der Waals surface area contributed by atoms with Gasteiger partial charge < -0.3 is 9.47 Å². The summed E-state index contributed by atoms with van der Waals surface area (Å²) < 4.78 is 11.2. The topological polar surface area (TPSA) is 64.8 Å². The molecule has 2 rings (SSSR count). The van der Waals surface area contributed by atoms with Crippen molar-refractivity contribution in [2.75, 3.05) is 26.2 Å². The van der Waals surface area contributed by atoms with Gasteiger partial charge in [0, 0.05) is 25.7 Å². The van der Waals surface area contributed by atoms with Crippen LogP contribution in [0.5, 0.6) is 5.75 Å². The fourth-order valence-electron chi connectivity index (χ4n) is 2.45. The predicted octanol–water partition coefficient (Wildman–Crippen LogP) is 2.08. The van der Waals surface area contributed by atoms with E-state index in [9.17, 15) is 10.1 Å². The first-order valence-corrected chi connectivity index (χ1v) is 6.79. The number of nitro groups is 1. The number of rotatable bonds is 5. The number of nitrogens with zero attached hydrogens (tertiary/aromatic N) is 2. The SMILES string of the molecule is C[C@@H]1CN(CCOc2cccc([N+](=O)[O-])c2)C[C@H](C)O1. The van der Waals surface area contributed by atoms with Crippen molar-refractivity contribution >= 4 is 5.69 Å². The quantitative estimate of drug-likeness (QED) is 0.610. The highest BCUT2D eigenvalue weighted by Gasteiger charge is 2.21. The third-order valence-electron chi connectivity index (χ3n) is 3.20. The van der Waals surface area contributed by atoms with Crippen LogP contribution in [0.4, 0.5) is 5.69 Å². The van der Waals surface area contributed by atoms with Gasteiger partial charge in [-0.3, -0.25) is 15.0 Å². The molecule has 1 fully saturated rings. The summed E-state index contributed by atoms with van der Waals surface area (Å²) in [6.45, 7) is 7.21. The smallest absolute Gasteiger partial charge is 0.273 e. The van der Waals surface area contributed by atoms with Gasteiger partial charge in [0.15, 0.2) is 0 Å². The van der Waals surface area contributed by atoms with Crippen LogP contribution in [-0.4, -0.2) is 48.3 Å². The Morgan fingerprint density at radius 1 is 1.40 bits per heavy atom. The van der Waals surface area contributed by atoms with E-state index in [0.29, 0.717) is 12.4 Å². The predicted molar refractivity (Wildman–Crippen MR) is 75.0 cm³/mol. The molecule has 1 aromatic rings. The van der Waals surface area contributed by atoms with E-state index in [2.05, 4.69) is 18.7 Å². The molecule has 2 atom stereocenters. The summed E-state index contributed by atoms with van der Waals surface area (Å²) in [5.41, 5.74) is 0.0520. The van der Waals surface area contributed by atoms with Crippen LogP contribution in [0.15, 0.2) is 24.3 Å². The summed E-state index contributed by atoms with van der Waals surface area (Å²) in [7, 11) is 0. The van der Waals surface area contributed by atoms with Crippen LogP contribution in [0.25, 0.3) is 0 Å². The molecule has 1 aliphatic heterocycles. The number of morpholine rings is 1. The van der Waals surface area contributed by atoms with Crippen molar-refractivity contribution in [3.05, 3.63) is 34.4 Å². The lowest BCUT2D eigenvalue weighted by Gasteiger charge is -2.35. The zero-order chi connectivity index (χ0) is 14.5. The first-order chi connectivity index (χ1) is 9.54. The number of ether oxygens (including phenoxy) is 2. The lowest BCUT2D eigenvalue weighted by atomic mass is 10.2. The van der Waals surface area contributed by atoms with E-state index >= 15 is 0 Å². The number of nitro benzene ring substituents is 1. The van der Waals surface area contributed by atoms with Crippen LogP contribution in [0, 0.1) is 10.1 Å². The van der Waals surface area contributed by atoms with Gasteiger partial charge in [0.2, 0.25) is 0 Å². The van der Waals surface area contributed by atoms with Gasteiger partial charge in [0.05, 0.1) is 23.2 Å². The highest BCUT2D eigenvalue weighted by atomic mass is 16.6. The van der Waals surface area contributed by atoms with Crippen LogP contribution in [0.3, 0.4) is 0 Å². The van der Waals surface area contributed by atoms with Crippen molar-refractivity contribution in [3.63, 3.8) is 0 Å². The third-order valence-corrected chi connectivity index (χ3v) is 3.20. The second-order valence-corrected chi connectivity index (χ2v) is 5.12. The number of benzene rings is 1. The van der Waals surface area contributed by atoms with Crippen LogP contribution in [0.1, 0.15) is 13.8 Å². The molecule has 0 aliphatic carbocycles. The second-order valence-electron chi connectivity index (χ2n) is 5.12. The fourth-order valence-corrected chi connectivity index (χ4v) is 2.45. The summed E-state index contributed by atoms with van der Waals surface area (Å²) in [6.07, 6.45) is 0.466. The summed E-state index contributed by atoms with van der Waals surface area (Å²) in [4.78, 5) is 12.5. The monoisotopic (exact) mass is 280 g/mol. The average Bonchev–Trinajstić information content (AvgIpc) is 2.38. The van der Waals surface area contributed by atoms with E-state index in [1.807, 2.05) is 0 Å². The zero-order valence-electron chi connectivity index (χ0n) is 11.8. The first-order valence-electron chi connectivity index (χ1n) is 6.79. The van der Waals surface area contributed by atoms with E-state index in [0.717, 1.165) is 19.6 Å². The van der Waals surface area contributed by atoms with Gasteiger partial charge in [-0.15, -0.1) is 0 Å². The molecule has 6 nitrogen and oxygen atoms in total. The second kappa shape index (κ2) is 6.67. The summed E-state index contributed by atoms with van der Waals surface area (Å²) in [6, 6.07) is 6.27. The molecular formula is C14H20N2O4. The third kappa shape index (κ3) is 4.18. The maximum atomic E-state index is 10.7. The molecule has 1 aliphatic rings. The Bertz CT molecular complexity index is 456. The molecule has 1 aromatic carbocycles. The highest BCUT2D eigenvalue weighted by Crippen LogP contribution is 2.19. The molecule has 0 spiro atoms. The maximum Gasteiger partial charge on any atom is 0.273 e. The zero-order valence-corrected chi connectivity index (χ0v) is 11.8. The maximum absolute atomic E-state index is 10.7. The average molecular weight is 280 g/mol. The molecule has 0 unspecified atom stereocenters. The van der Waals surface area contributed by atoms with Crippen molar-refractivity contribution in [1.82, 2.24) is 4.90 Å². The van der Waals surface area contributed by atoms with Crippen molar-refractivity contribution in [3.8, 4) is 5.75 Å². The van der Waals surface area contributed by atoms with Gasteiger partial charge >= 0.3 is 0 Å². The van der Waals surface area contributed by atoms with E-state index < -0.39 is 4.92 Å². The Morgan fingerprint density at radius 3 is 2.75 bits per heavy atom. The van der Waals surface area contributed by atoms with Gasteiger partial charge in [-0.2, -0.15) is 0 Å². The number of hydrogen-bond acceptors (Lipinski definition) is 5. The lowest BCUT2D eigenvalue weighted by Crippen LogP contribution is -2.46. The van der Waals surface area contributed by atoms with Crippen LogP contribution in [0.2, 0.25) is 0 Å². The minimum Gasteiger partial charge on any atom is -0.492 e. The summed E-state index contributed by atoms with van der Waals surface area (Å²) in [5, 5.41) is 10.7. The van der Waals surface area contributed by atoms with Crippen molar-refractivity contribution < 1.29 is 14.4 Å². The molecule has 110 valence electrons. The van der Waals surface area contributed by atoms with Gasteiger partial charge in [0.25, 0.3) is 5.69 Å². The Balaban J connectivity index is 1.81. The van der Waals surface area contributed by atoms with Crippen LogP contribution < -0.4 is 4.74 Å². The minimum absolute atomic E-state index is 0.0520. The van der Waals surface area contributed by atoms with Crippen molar-refractivity contribution in [2.45, 2.75) is 26.1 Å². The minimum atomic E-state index is -0.418. The van der Waals surface area contributed by atoms with Gasteiger partial charge in [-0.1, -0.05) is 6.07 Å². The van der Waals surface area contributed by atoms with Crippen molar-refractivity contribution in [2.24, 2.45) is 0 Å². The fraction of sp³-hybridized carbons (Fsp3) is 0.571. The molecule has 0 N–H and O–H groups in total. The lowest BCUT2D eigenvalue weighted by molar-refractivity contribution is -0.384. The molecular weight excluding hydrogens is 260 g/mol. The molecule has 0 bridgehead atoms.